The standard InChI is InChI=1S/C20H22FN5O2S/c1-12-5-7-17(14(3)8-12)28-10-18-24-25-20(26(18)22)29-11-19(27)23-16-6-4-13(2)9-15(16)21/h4-9H,10-11,22H2,1-3H3,(H,23,27). The van der Waals surface area contributed by atoms with Crippen LogP contribution in [0.15, 0.2) is 41.6 Å². The number of ether oxygens (including phenoxy) is 1. The fourth-order valence-electron chi connectivity index (χ4n) is 2.65. The second-order valence-electron chi connectivity index (χ2n) is 6.65. The smallest absolute Gasteiger partial charge is 0.234 e. The van der Waals surface area contributed by atoms with Crippen molar-refractivity contribution in [2.75, 3.05) is 16.9 Å². The summed E-state index contributed by atoms with van der Waals surface area (Å²) in [7, 11) is 0. The number of aromatic nitrogens is 3. The Morgan fingerprint density at radius 1 is 1.17 bits per heavy atom. The first-order valence-electron chi connectivity index (χ1n) is 8.91. The minimum absolute atomic E-state index is 0.0145. The molecule has 7 nitrogen and oxygen atoms in total. The summed E-state index contributed by atoms with van der Waals surface area (Å²) in [6.07, 6.45) is 0. The van der Waals surface area contributed by atoms with Gasteiger partial charge in [0.05, 0.1) is 11.4 Å². The van der Waals surface area contributed by atoms with Gasteiger partial charge in [0.1, 0.15) is 18.2 Å². The lowest BCUT2D eigenvalue weighted by molar-refractivity contribution is -0.113. The number of benzene rings is 2. The third-order valence-electron chi connectivity index (χ3n) is 4.15. The van der Waals surface area contributed by atoms with Crippen LogP contribution in [0.3, 0.4) is 0 Å². The molecule has 29 heavy (non-hydrogen) atoms. The molecule has 0 unspecified atom stereocenters. The second kappa shape index (κ2) is 8.95. The number of nitrogens with one attached hydrogen (secondary N) is 1. The van der Waals surface area contributed by atoms with Crippen LogP contribution < -0.4 is 15.9 Å². The maximum Gasteiger partial charge on any atom is 0.234 e. The highest BCUT2D eigenvalue weighted by atomic mass is 32.2. The third-order valence-corrected chi connectivity index (χ3v) is 5.10. The Balaban J connectivity index is 1.55. The highest BCUT2D eigenvalue weighted by Crippen LogP contribution is 2.21. The van der Waals surface area contributed by atoms with Crippen molar-refractivity contribution in [1.82, 2.24) is 14.9 Å². The first kappa shape index (κ1) is 20.7. The Morgan fingerprint density at radius 2 is 1.90 bits per heavy atom. The zero-order valence-electron chi connectivity index (χ0n) is 16.4. The number of nitrogen functional groups attached to an aromatic ring is 1. The number of hydrogen-bond donors (Lipinski definition) is 2. The number of nitrogens with zero attached hydrogens (tertiary/aromatic N) is 3. The van der Waals surface area contributed by atoms with Gasteiger partial charge in [-0.25, -0.2) is 9.07 Å². The first-order chi connectivity index (χ1) is 13.8. The van der Waals surface area contributed by atoms with Crippen LogP contribution >= 0.6 is 11.8 Å². The Hall–Kier alpha value is -3.07. The van der Waals surface area contributed by atoms with Crippen molar-refractivity contribution < 1.29 is 13.9 Å². The molecule has 3 rings (SSSR count). The average Bonchev–Trinajstić information content (AvgIpc) is 3.01. The summed E-state index contributed by atoms with van der Waals surface area (Å²) in [6, 6.07) is 10.5. The Bertz CT molecular complexity index is 1040. The van der Waals surface area contributed by atoms with E-state index < -0.39 is 5.82 Å². The van der Waals surface area contributed by atoms with Gasteiger partial charge in [0.15, 0.2) is 5.82 Å². The molecule has 3 aromatic rings. The van der Waals surface area contributed by atoms with Gasteiger partial charge in [-0.1, -0.05) is 35.5 Å². The Morgan fingerprint density at radius 3 is 2.62 bits per heavy atom. The number of nitrogens with two attached hydrogens (primary N) is 1. The van der Waals surface area contributed by atoms with Crippen molar-refractivity contribution in [2.45, 2.75) is 32.5 Å². The predicted molar refractivity (Wildman–Crippen MR) is 111 cm³/mol. The lowest BCUT2D eigenvalue weighted by Gasteiger charge is -2.09. The summed E-state index contributed by atoms with van der Waals surface area (Å²) in [5.74, 6) is 6.35. The molecule has 0 aliphatic carbocycles. The molecular weight excluding hydrogens is 393 g/mol. The Labute approximate surface area is 172 Å². The van der Waals surface area contributed by atoms with Gasteiger partial charge in [0.25, 0.3) is 0 Å². The van der Waals surface area contributed by atoms with E-state index in [1.807, 2.05) is 32.0 Å². The number of halogens is 1. The molecule has 2 aromatic carbocycles. The van der Waals surface area contributed by atoms with E-state index in [0.29, 0.717) is 11.0 Å². The van der Waals surface area contributed by atoms with Crippen molar-refractivity contribution in [3.63, 3.8) is 0 Å². The molecule has 1 aromatic heterocycles. The summed E-state index contributed by atoms with van der Waals surface area (Å²) in [4.78, 5) is 12.1. The number of rotatable bonds is 7. The molecule has 0 spiro atoms. The number of carbonyl (C=O) groups is 1. The van der Waals surface area contributed by atoms with Gasteiger partial charge in [-0.3, -0.25) is 4.79 Å². The zero-order valence-corrected chi connectivity index (χ0v) is 17.2. The predicted octanol–water partition coefficient (Wildman–Crippen LogP) is 3.37. The maximum atomic E-state index is 13.8. The minimum Gasteiger partial charge on any atom is -0.485 e. The van der Waals surface area contributed by atoms with Gasteiger partial charge < -0.3 is 15.9 Å². The van der Waals surface area contributed by atoms with E-state index >= 15 is 0 Å². The van der Waals surface area contributed by atoms with Crippen molar-refractivity contribution in [3.05, 3.63) is 64.7 Å². The fourth-order valence-corrected chi connectivity index (χ4v) is 3.32. The van der Waals surface area contributed by atoms with E-state index in [-0.39, 0.29) is 24.0 Å². The van der Waals surface area contributed by atoms with Crippen LogP contribution in [-0.2, 0) is 11.4 Å². The normalized spacial score (nSPS) is 10.8. The van der Waals surface area contributed by atoms with Gasteiger partial charge in [-0.2, -0.15) is 0 Å². The molecule has 0 bridgehead atoms. The number of aryl methyl sites for hydroxylation is 3. The number of carbonyl (C=O) groups excluding carboxylic acids is 1. The van der Waals surface area contributed by atoms with Gasteiger partial charge in [0, 0.05) is 0 Å². The van der Waals surface area contributed by atoms with Gasteiger partial charge >= 0.3 is 0 Å². The van der Waals surface area contributed by atoms with Gasteiger partial charge in [-0.15, -0.1) is 10.2 Å². The average molecular weight is 415 g/mol. The van der Waals surface area contributed by atoms with E-state index in [1.165, 1.54) is 16.8 Å². The monoisotopic (exact) mass is 415 g/mol. The van der Waals surface area contributed by atoms with Crippen LogP contribution in [0.4, 0.5) is 10.1 Å². The van der Waals surface area contributed by atoms with E-state index in [0.717, 1.165) is 34.2 Å². The lowest BCUT2D eigenvalue weighted by atomic mass is 10.1. The Kier molecular flexibility index (Phi) is 6.38. The SMILES string of the molecule is Cc1ccc(OCc2nnc(SCC(=O)Nc3ccc(C)cc3F)n2N)c(C)c1. The van der Waals surface area contributed by atoms with Crippen LogP contribution in [0, 0.1) is 26.6 Å². The molecule has 9 heteroatoms. The van der Waals surface area contributed by atoms with Crippen molar-refractivity contribution in [1.29, 1.82) is 0 Å². The molecular formula is C20H22FN5O2S. The van der Waals surface area contributed by atoms with E-state index in [9.17, 15) is 9.18 Å². The van der Waals surface area contributed by atoms with Gasteiger partial charge in [-0.05, 0) is 50.1 Å². The minimum atomic E-state index is -0.476. The molecule has 0 radical (unpaired) electrons. The summed E-state index contributed by atoms with van der Waals surface area (Å²) >= 11 is 1.11. The molecule has 1 heterocycles. The van der Waals surface area contributed by atoms with Crippen molar-refractivity contribution >= 4 is 23.4 Å². The molecule has 3 N–H and O–H groups in total. The third kappa shape index (κ3) is 5.26. The highest BCUT2D eigenvalue weighted by molar-refractivity contribution is 7.99. The number of hydrogen-bond acceptors (Lipinski definition) is 6. The topological polar surface area (TPSA) is 95.1 Å². The summed E-state index contributed by atoms with van der Waals surface area (Å²) in [6.45, 7) is 5.90. The van der Waals surface area contributed by atoms with Crippen LogP contribution in [0.1, 0.15) is 22.5 Å². The second-order valence-corrected chi connectivity index (χ2v) is 7.59. The van der Waals surface area contributed by atoms with E-state index in [2.05, 4.69) is 15.5 Å². The van der Waals surface area contributed by atoms with Crippen LogP contribution in [0.25, 0.3) is 0 Å². The summed E-state index contributed by atoms with van der Waals surface area (Å²) in [5.41, 5.74) is 3.08. The largest absolute Gasteiger partial charge is 0.485 e. The molecule has 1 amide bonds. The number of thioether (sulfide) groups is 1. The molecule has 0 saturated heterocycles. The van der Waals surface area contributed by atoms with Gasteiger partial charge in [0.2, 0.25) is 11.1 Å². The molecule has 0 aliphatic heterocycles. The fraction of sp³-hybridized carbons (Fsp3) is 0.250. The van der Waals surface area contributed by atoms with Crippen LogP contribution in [0.5, 0.6) is 5.75 Å². The quantitative estimate of drug-likeness (QED) is 0.454. The molecule has 0 aliphatic rings. The van der Waals surface area contributed by atoms with E-state index in [4.69, 9.17) is 10.6 Å². The van der Waals surface area contributed by atoms with Crippen molar-refractivity contribution in [2.24, 2.45) is 0 Å². The van der Waals surface area contributed by atoms with Crippen LogP contribution in [-0.4, -0.2) is 26.5 Å². The summed E-state index contributed by atoms with van der Waals surface area (Å²) in [5, 5.41) is 10.9. The van der Waals surface area contributed by atoms with E-state index in [1.54, 1.807) is 13.0 Å². The maximum absolute atomic E-state index is 13.8. The van der Waals surface area contributed by atoms with Crippen molar-refractivity contribution in [3.8, 4) is 5.75 Å². The highest BCUT2D eigenvalue weighted by Gasteiger charge is 2.14. The molecule has 0 saturated carbocycles. The molecule has 0 fully saturated rings. The first-order valence-corrected chi connectivity index (χ1v) is 9.90. The number of amides is 1. The zero-order chi connectivity index (χ0) is 21.0. The molecule has 0 atom stereocenters. The lowest BCUT2D eigenvalue weighted by Crippen LogP contribution is -2.18. The summed E-state index contributed by atoms with van der Waals surface area (Å²) < 4.78 is 20.9. The number of anilines is 1. The molecule has 152 valence electrons. The van der Waals surface area contributed by atoms with Crippen LogP contribution in [0.2, 0.25) is 0 Å².